The molecule has 42 heavy (non-hydrogen) atoms. The van der Waals surface area contributed by atoms with E-state index in [1.165, 1.54) is 12.1 Å². The molecule has 3 aromatic rings. The van der Waals surface area contributed by atoms with Gasteiger partial charge in [0.25, 0.3) is 10.1 Å². The van der Waals surface area contributed by atoms with Crippen molar-refractivity contribution in [3.05, 3.63) is 95.4 Å². The molecule has 0 radical (unpaired) electrons. The van der Waals surface area contributed by atoms with Crippen LogP contribution in [0.15, 0.2) is 94.2 Å². The van der Waals surface area contributed by atoms with Crippen LogP contribution in [0, 0.1) is 0 Å². The van der Waals surface area contributed by atoms with Crippen LogP contribution in [-0.4, -0.2) is 61.2 Å². The number of phenols is 1. The number of nitrogens with zero attached hydrogens (tertiary/aromatic N) is 4. The zero-order chi connectivity index (χ0) is 32.1. The molecule has 0 atom stereocenters. The van der Waals surface area contributed by atoms with E-state index < -0.39 is 27.0 Å². The first-order chi connectivity index (χ1) is 19.1. The first kappa shape index (κ1) is 43.1. The molecule has 13 nitrogen and oxygen atoms in total. The molecule has 0 aliphatic carbocycles. The number of para-hydroxylation sites is 1. The summed E-state index contributed by atoms with van der Waals surface area (Å²) < 4.78 is 49.0. The van der Waals surface area contributed by atoms with Crippen LogP contribution in [-0.2, 0) is 27.2 Å². The number of hydrogen-bond acceptors (Lipinski definition) is 9. The van der Waals surface area contributed by atoms with Crippen LogP contribution in [0.3, 0.4) is 0 Å². The number of aromatic carboxylic acids is 1. The van der Waals surface area contributed by atoms with E-state index in [0.29, 0.717) is 11.8 Å². The Morgan fingerprint density at radius 2 is 1.19 bits per heavy atom. The number of amidine groups is 1. The Morgan fingerprint density at radius 1 is 0.762 bits per heavy atom. The number of rotatable bonds is 5. The Balaban J connectivity index is -0.000000858. The quantitative estimate of drug-likeness (QED) is 0.0389. The van der Waals surface area contributed by atoms with Gasteiger partial charge in [-0.3, -0.25) is 4.55 Å². The fourth-order valence-corrected chi connectivity index (χ4v) is 2.22. The summed E-state index contributed by atoms with van der Waals surface area (Å²) in [5.41, 5.74) is 5.19. The summed E-state index contributed by atoms with van der Waals surface area (Å²) in [5, 5.41) is 31.3. The van der Waals surface area contributed by atoms with E-state index in [2.05, 4.69) is 20.8 Å². The van der Waals surface area contributed by atoms with Crippen LogP contribution in [0.1, 0.15) is 43.6 Å². The normalized spacial score (nSPS) is 10.9. The van der Waals surface area contributed by atoms with Gasteiger partial charge in [0.1, 0.15) is 11.4 Å². The van der Waals surface area contributed by atoms with Crippen molar-refractivity contribution in [2.45, 2.75) is 27.7 Å². The predicted octanol–water partition coefficient (Wildman–Crippen LogP) is 7.64. The van der Waals surface area contributed by atoms with Gasteiger partial charge in [-0.2, -0.15) is 8.42 Å². The zero-order valence-electron chi connectivity index (χ0n) is 23.8. The Bertz CT molecular complexity index is 1320. The van der Waals surface area contributed by atoms with Crippen LogP contribution < -0.4 is 0 Å². The van der Waals surface area contributed by atoms with Gasteiger partial charge >= 0.3 is 23.0 Å². The van der Waals surface area contributed by atoms with Crippen molar-refractivity contribution in [2.75, 3.05) is 12.5 Å². The average molecular weight is 677 g/mol. The second kappa shape index (κ2) is 23.2. The standard InChI is InChI=1S/C20H16N4O3.2C2H6.CH6O3S.CH4O3S.Cu/c25-18-13-7-6-12-17(18)22-24-19(14-8-2-1-3-9-14)23-21-16-11-5-4-10-15(16)20(26)27;2*1-2;2*1-5(2,3)4;/h1-13H,(H3,21,22,23,24,25,26,27);2*1-2H3;2-4H,1H3;1H3,(H,2,3,4);/q;;;;;+1/p-1. The Morgan fingerprint density at radius 3 is 1.67 bits per heavy atom. The van der Waals surface area contributed by atoms with Crippen LogP contribution >= 0.6 is 10.9 Å². The number of carbonyl (C=O) groups is 1. The van der Waals surface area contributed by atoms with Gasteiger partial charge in [0.05, 0.1) is 22.7 Å². The fourth-order valence-electron chi connectivity index (χ4n) is 2.22. The number of hydrogen-bond donors (Lipinski definition) is 6. The maximum absolute atomic E-state index is 11.3. The van der Waals surface area contributed by atoms with E-state index in [1.54, 1.807) is 48.5 Å². The van der Waals surface area contributed by atoms with Gasteiger partial charge in [-0.25, -0.2) is 4.79 Å². The number of aromatic hydroxyl groups is 1. The molecule has 0 saturated carbocycles. The summed E-state index contributed by atoms with van der Waals surface area (Å²) >= 11 is 0. The Hall–Kier alpha value is -3.34. The van der Waals surface area contributed by atoms with E-state index in [9.17, 15) is 23.4 Å². The largest absolute Gasteiger partial charge is 1.00 e. The van der Waals surface area contributed by atoms with Crippen molar-refractivity contribution in [2.24, 2.45) is 15.3 Å². The topological polar surface area (TPSA) is 224 Å². The third-order valence-electron chi connectivity index (χ3n) is 3.55. The monoisotopic (exact) mass is 676 g/mol. The molecule has 0 fully saturated rings. The SMILES string of the molecule is CC.CC.CS(=O)(=O)O.CS(O)(O)O.O=C(O)c1ccccc1N=NC(=N[N-]c1ccccc1O)c1ccccc1.[Cu+]. The summed E-state index contributed by atoms with van der Waals surface area (Å²) in [6.45, 7) is 8.00. The first-order valence-corrected chi connectivity index (χ1v) is 15.7. The molecule has 0 saturated heterocycles. The fraction of sp³-hybridized carbons (Fsp3) is 0.231. The van der Waals surface area contributed by atoms with E-state index in [0.717, 1.165) is 6.26 Å². The van der Waals surface area contributed by atoms with Crippen molar-refractivity contribution < 1.29 is 58.7 Å². The molecule has 0 heterocycles. The number of benzene rings is 3. The van der Waals surface area contributed by atoms with E-state index in [1.807, 2.05) is 45.9 Å². The molecule has 0 aliphatic heterocycles. The molecular weight excluding hydrogens is 640 g/mol. The molecule has 0 bridgehead atoms. The van der Waals surface area contributed by atoms with Crippen molar-refractivity contribution in [3.8, 4) is 5.75 Å². The summed E-state index contributed by atoms with van der Waals surface area (Å²) in [7, 11) is -6.83. The minimum atomic E-state index is -3.67. The van der Waals surface area contributed by atoms with Gasteiger partial charge in [0.15, 0.2) is 5.84 Å². The molecule has 6 N–H and O–H groups in total. The van der Waals surface area contributed by atoms with Gasteiger partial charge in [0.2, 0.25) is 0 Å². The summed E-state index contributed by atoms with van der Waals surface area (Å²) in [5.74, 6) is -0.928. The molecule has 0 aromatic heterocycles. The summed E-state index contributed by atoms with van der Waals surface area (Å²) in [6.07, 6.45) is 1.65. The molecule has 0 unspecified atom stereocenters. The Kier molecular flexibility index (Phi) is 23.9. The second-order valence-corrected chi connectivity index (χ2v) is 9.98. The molecule has 0 aliphatic rings. The third-order valence-corrected chi connectivity index (χ3v) is 3.55. The molecule has 238 valence electrons. The number of phenolic OH excluding ortho intramolecular Hbond substituents is 1. The van der Waals surface area contributed by atoms with Crippen LogP contribution in [0.2, 0.25) is 0 Å². The van der Waals surface area contributed by atoms with Crippen LogP contribution in [0.4, 0.5) is 11.4 Å². The minimum Gasteiger partial charge on any atom is -0.571 e. The van der Waals surface area contributed by atoms with Gasteiger partial charge in [-0.15, -0.1) is 10.2 Å². The average Bonchev–Trinajstić information content (AvgIpc) is 2.91. The summed E-state index contributed by atoms with van der Waals surface area (Å²) in [4.78, 5) is 11.3. The molecule has 0 amide bonds. The predicted molar refractivity (Wildman–Crippen MR) is 164 cm³/mol. The zero-order valence-corrected chi connectivity index (χ0v) is 26.4. The van der Waals surface area contributed by atoms with Crippen molar-refractivity contribution in [1.29, 1.82) is 0 Å². The second-order valence-electron chi connectivity index (χ2n) is 6.93. The van der Waals surface area contributed by atoms with Gasteiger partial charge in [-0.1, -0.05) is 94.0 Å². The van der Waals surface area contributed by atoms with Crippen molar-refractivity contribution in [1.82, 2.24) is 0 Å². The van der Waals surface area contributed by atoms with E-state index in [-0.39, 0.29) is 45.6 Å². The van der Waals surface area contributed by atoms with Gasteiger partial charge in [0, 0.05) is 11.8 Å². The summed E-state index contributed by atoms with van der Waals surface area (Å²) in [6, 6.07) is 21.8. The van der Waals surface area contributed by atoms with Crippen LogP contribution in [0.25, 0.3) is 5.43 Å². The number of carboxylic acid groups (broad SMARTS) is 1. The molecule has 3 rings (SSSR count). The molecular formula is C26H37CuN4O9S2. The molecule has 16 heteroatoms. The van der Waals surface area contributed by atoms with Crippen molar-refractivity contribution in [3.63, 3.8) is 0 Å². The minimum absolute atomic E-state index is 0. The number of carboxylic acids is 1. The molecule has 3 aromatic carbocycles. The van der Waals surface area contributed by atoms with E-state index in [4.69, 9.17) is 18.2 Å². The first-order valence-electron chi connectivity index (χ1n) is 11.9. The maximum atomic E-state index is 11.3. The number of azo groups is 1. The van der Waals surface area contributed by atoms with Gasteiger partial charge in [-0.05, 0) is 18.2 Å². The smallest absolute Gasteiger partial charge is 0.571 e. The van der Waals surface area contributed by atoms with E-state index >= 15 is 0 Å². The maximum Gasteiger partial charge on any atom is 1.00 e. The van der Waals surface area contributed by atoms with Gasteiger partial charge < -0.3 is 34.4 Å². The third kappa shape index (κ3) is 23.4. The molecule has 0 spiro atoms. The van der Waals surface area contributed by atoms with Crippen molar-refractivity contribution >= 4 is 44.2 Å². The Labute approximate surface area is 258 Å². The van der Waals surface area contributed by atoms with Crippen LogP contribution in [0.5, 0.6) is 5.75 Å².